The number of rotatable bonds is 9. The Bertz CT molecular complexity index is 3090. The van der Waals surface area contributed by atoms with Crippen molar-refractivity contribution in [1.82, 2.24) is 0 Å². The Labute approximate surface area is 358 Å². The smallest absolute Gasteiger partial charge is 0.871 e. The predicted molar refractivity (Wildman–Crippen MR) is 187 cm³/mol. The van der Waals surface area contributed by atoms with Crippen molar-refractivity contribution in [3.8, 4) is 34.1 Å². The zero-order valence-electron chi connectivity index (χ0n) is 28.6. The van der Waals surface area contributed by atoms with E-state index in [1.807, 2.05) is 0 Å². The van der Waals surface area contributed by atoms with E-state index in [4.69, 9.17) is 11.5 Å². The van der Waals surface area contributed by atoms with E-state index in [1.165, 1.54) is 12.1 Å². The van der Waals surface area contributed by atoms with Gasteiger partial charge in [0.25, 0.3) is 0 Å². The number of nitrogens with zero attached hydrogens (tertiary/aromatic N) is 4. The summed E-state index contributed by atoms with van der Waals surface area (Å²) >= 11 is 0. The summed E-state index contributed by atoms with van der Waals surface area (Å²) in [6, 6.07) is 10.1. The molecule has 0 saturated carbocycles. The van der Waals surface area contributed by atoms with Gasteiger partial charge in [0.15, 0.2) is 0 Å². The quantitative estimate of drug-likeness (QED) is 0.0898. The topological polar surface area (TPSA) is 423 Å². The van der Waals surface area contributed by atoms with Crippen LogP contribution in [0.2, 0.25) is 0 Å². The number of benzene rings is 6. The molecule has 4 N–H and O–H groups in total. The van der Waals surface area contributed by atoms with E-state index < -0.39 is 139 Å². The standard InChI is InChI=1S/C32H24N6O16S4.2Cu/c33-19-11-17(55(43,44)45)5-15-9-25(57(49,50)51)29(31(41)27(15)19)37-35-21-3-1-13(7-23(21)39)14-2-4-22(24(40)8-14)36-38-30-26(58(52,53)54)10-16-6-18(56(46,47)48)12-20(34)28(16)32(30)42;;/h1-12,39-42H,33-34H2,(H,43,44,45)(H,46,47,48)(H,49,50,51)(H,52,53,54);;/q;2*+2/p-8. The van der Waals surface area contributed by atoms with Crippen LogP contribution in [0.1, 0.15) is 0 Å². The maximum atomic E-state index is 13.2. The van der Waals surface area contributed by atoms with Crippen molar-refractivity contribution in [3.63, 3.8) is 0 Å². The zero-order chi connectivity index (χ0) is 42.9. The Morgan fingerprint density at radius 1 is 0.433 bits per heavy atom. The van der Waals surface area contributed by atoms with E-state index in [9.17, 15) is 72.3 Å². The second-order valence-electron chi connectivity index (χ2n) is 11.9. The van der Waals surface area contributed by atoms with Gasteiger partial charge in [0, 0.05) is 11.4 Å². The normalized spacial score (nSPS) is 12.5. The Balaban J connectivity index is 0.00000397. The fourth-order valence-electron chi connectivity index (χ4n) is 5.57. The maximum absolute atomic E-state index is 13.2. The van der Waals surface area contributed by atoms with Gasteiger partial charge in [0.05, 0.1) is 42.3 Å². The zero-order valence-corrected chi connectivity index (χ0v) is 33.8. The van der Waals surface area contributed by atoms with Gasteiger partial charge in [-0.15, -0.1) is 10.2 Å². The molecule has 0 bridgehead atoms. The van der Waals surface area contributed by atoms with Crippen molar-refractivity contribution in [2.45, 2.75) is 19.6 Å². The molecule has 0 amide bonds. The molecule has 0 saturated heterocycles. The van der Waals surface area contributed by atoms with Gasteiger partial charge in [-0.1, -0.05) is 47.3 Å². The minimum Gasteiger partial charge on any atom is -0.871 e. The minimum atomic E-state index is -5.50. The monoisotopic (exact) mass is 994 g/mol. The van der Waals surface area contributed by atoms with Crippen molar-refractivity contribution in [1.29, 1.82) is 0 Å². The van der Waals surface area contributed by atoms with Gasteiger partial charge in [-0.25, -0.2) is 33.7 Å². The summed E-state index contributed by atoms with van der Waals surface area (Å²) < 4.78 is 141. The number of nitrogen functional groups attached to an aromatic ring is 2. The van der Waals surface area contributed by atoms with Crippen LogP contribution in [-0.4, -0.2) is 51.9 Å². The molecule has 0 atom stereocenters. The van der Waals surface area contributed by atoms with Crippen molar-refractivity contribution in [2.75, 3.05) is 11.5 Å². The molecule has 22 nitrogen and oxygen atoms in total. The molecule has 6 aromatic carbocycles. The van der Waals surface area contributed by atoms with Crippen LogP contribution in [0.5, 0.6) is 23.0 Å². The van der Waals surface area contributed by atoms with Crippen LogP contribution in [0.4, 0.5) is 34.1 Å². The molecule has 0 aromatic heterocycles. The first-order chi connectivity index (χ1) is 26.8. The van der Waals surface area contributed by atoms with Crippen molar-refractivity contribution < 1.29 is 106 Å². The molecule has 6 rings (SSSR count). The van der Waals surface area contributed by atoms with Crippen LogP contribution >= 0.6 is 0 Å². The SMILES string of the molecule is Nc1cc(S(=O)(=O)[O-])cc2cc(S(=O)(=O)[O-])c(N=Nc3ccc(-c4ccc(N=Nc5c(S(=O)(=O)[O-])cc6cc(S(=O)(=O)[O-])cc(N)c6c5[O-])c([O-])c4)cc3[O-])c([O-])c12.[Cu+2].[Cu+2]. The summed E-state index contributed by atoms with van der Waals surface area (Å²) in [7, 11) is -21.3. The molecule has 320 valence electrons. The molecule has 0 spiro atoms. The number of hydrogen-bond donors (Lipinski definition) is 2. The number of nitrogens with two attached hydrogens (primary N) is 2. The molecule has 0 heterocycles. The largest absolute Gasteiger partial charge is 2.00 e. The Morgan fingerprint density at radius 3 is 1.05 bits per heavy atom. The van der Waals surface area contributed by atoms with Crippen molar-refractivity contribution in [2.24, 2.45) is 20.5 Å². The van der Waals surface area contributed by atoms with Gasteiger partial charge < -0.3 is 50.1 Å². The van der Waals surface area contributed by atoms with Crippen LogP contribution in [-0.2, 0) is 74.6 Å². The number of anilines is 2. The summed E-state index contributed by atoms with van der Waals surface area (Å²) in [5.74, 6) is -4.43. The van der Waals surface area contributed by atoms with Crippen LogP contribution in [0.3, 0.4) is 0 Å². The second-order valence-corrected chi connectivity index (χ2v) is 17.4. The van der Waals surface area contributed by atoms with Gasteiger partial charge in [-0.2, -0.15) is 10.2 Å². The first kappa shape index (κ1) is 47.2. The molecule has 60 heavy (non-hydrogen) atoms. The van der Waals surface area contributed by atoms with Crippen molar-refractivity contribution >= 4 is 96.1 Å². The molecule has 6 aromatic rings. The third kappa shape index (κ3) is 9.29. The van der Waals surface area contributed by atoms with Crippen LogP contribution < -0.4 is 31.9 Å². The summed E-state index contributed by atoms with van der Waals surface area (Å²) in [4.78, 5) is -4.38. The van der Waals surface area contributed by atoms with E-state index >= 15 is 0 Å². The molecule has 0 aliphatic heterocycles. The second kappa shape index (κ2) is 16.5. The molecular formula is C32H16Cu2N6O16S4-4. The molecule has 0 unspecified atom stereocenters. The first-order valence-electron chi connectivity index (χ1n) is 15.2. The summed E-state index contributed by atoms with van der Waals surface area (Å²) in [5, 5.41) is 64.5. The molecule has 0 aliphatic rings. The van der Waals surface area contributed by atoms with Gasteiger partial charge >= 0.3 is 34.1 Å². The Kier molecular flexibility index (Phi) is 13.0. The van der Waals surface area contributed by atoms with Crippen LogP contribution in [0, 0.1) is 0 Å². The molecule has 0 fully saturated rings. The van der Waals surface area contributed by atoms with Gasteiger partial charge in [-0.05, 0) is 81.2 Å². The van der Waals surface area contributed by atoms with Crippen LogP contribution in [0.25, 0.3) is 32.7 Å². The van der Waals surface area contributed by atoms with E-state index in [1.54, 1.807) is 0 Å². The minimum absolute atomic E-state index is 0. The summed E-state index contributed by atoms with van der Waals surface area (Å²) in [6.45, 7) is 0. The molecule has 28 heteroatoms. The predicted octanol–water partition coefficient (Wildman–Crippen LogP) is 1.56. The van der Waals surface area contributed by atoms with E-state index in [0.29, 0.717) is 36.4 Å². The first-order valence-corrected chi connectivity index (χ1v) is 20.8. The van der Waals surface area contributed by atoms with Gasteiger partial charge in [-0.3, -0.25) is 0 Å². The summed E-state index contributed by atoms with van der Waals surface area (Å²) in [6.07, 6.45) is 0. The fourth-order valence-corrected chi connectivity index (χ4v) is 7.94. The Hall–Kier alpha value is -5.48. The third-order valence-corrected chi connectivity index (χ3v) is 11.5. The van der Waals surface area contributed by atoms with E-state index in [0.717, 1.165) is 24.3 Å². The van der Waals surface area contributed by atoms with Gasteiger partial charge in [0.2, 0.25) is 0 Å². The number of fused-ring (bicyclic) bond motifs is 2. The average molecular weight is 996 g/mol. The van der Waals surface area contributed by atoms with Gasteiger partial charge in [0.1, 0.15) is 40.5 Å². The maximum Gasteiger partial charge on any atom is 2.00 e. The number of hydrogen-bond acceptors (Lipinski definition) is 22. The average Bonchev–Trinajstić information content (AvgIpc) is 3.09. The fraction of sp³-hybridized carbons (Fsp3) is 0. The van der Waals surface area contributed by atoms with Crippen molar-refractivity contribution in [3.05, 3.63) is 72.8 Å². The number of azo groups is 2. The Morgan fingerprint density at radius 2 is 0.767 bits per heavy atom. The van der Waals surface area contributed by atoms with E-state index in [-0.39, 0.29) is 45.3 Å². The summed E-state index contributed by atoms with van der Waals surface area (Å²) in [5.41, 5.74) is 7.32. The van der Waals surface area contributed by atoms with Crippen LogP contribution in [0.15, 0.2) is 113 Å². The molecule has 2 radical (unpaired) electrons. The molecule has 0 aliphatic carbocycles. The van der Waals surface area contributed by atoms with E-state index in [2.05, 4.69) is 20.5 Å². The molecular weight excluding hydrogens is 980 g/mol. The third-order valence-electron chi connectivity index (χ3n) is 8.15.